The predicted molar refractivity (Wildman–Crippen MR) is 102 cm³/mol. The molecule has 1 unspecified atom stereocenters. The first-order valence-electron chi connectivity index (χ1n) is 8.96. The maximum Gasteiger partial charge on any atom is 0.255 e. The molecule has 0 radical (unpaired) electrons. The van der Waals surface area contributed by atoms with Gasteiger partial charge in [-0.05, 0) is 37.3 Å². The van der Waals surface area contributed by atoms with Crippen LogP contribution >= 0.6 is 11.6 Å². The van der Waals surface area contributed by atoms with Gasteiger partial charge in [0.05, 0.1) is 12.1 Å². The topological polar surface area (TPSA) is 88.6 Å². The summed E-state index contributed by atoms with van der Waals surface area (Å²) in [5, 5.41) is 0.334. The summed E-state index contributed by atoms with van der Waals surface area (Å²) in [5.41, 5.74) is 5.95. The second kappa shape index (κ2) is 9.10. The third-order valence-electron chi connectivity index (χ3n) is 4.59. The van der Waals surface area contributed by atoms with Crippen molar-refractivity contribution in [3.63, 3.8) is 0 Å². The van der Waals surface area contributed by atoms with E-state index in [1.165, 1.54) is 13.5 Å². The van der Waals surface area contributed by atoms with Gasteiger partial charge in [-0.2, -0.15) is 0 Å². The second-order valence-corrected chi connectivity index (χ2v) is 6.97. The van der Waals surface area contributed by atoms with Gasteiger partial charge in [0.25, 0.3) is 5.91 Å². The molecule has 3 rings (SSSR count). The number of methoxy groups -OCH3 is 1. The number of halogens is 1. The van der Waals surface area contributed by atoms with Crippen LogP contribution in [0.15, 0.2) is 24.5 Å². The van der Waals surface area contributed by atoms with Crippen LogP contribution in [0, 0.1) is 5.92 Å². The Hall–Kier alpha value is -2.25. The maximum atomic E-state index is 11.0. The highest BCUT2D eigenvalue weighted by Crippen LogP contribution is 2.39. The lowest BCUT2D eigenvalue weighted by Crippen LogP contribution is -2.20. The normalized spacial score (nSPS) is 16.9. The van der Waals surface area contributed by atoms with E-state index in [0.717, 1.165) is 44.0 Å². The van der Waals surface area contributed by atoms with Crippen LogP contribution < -0.4 is 15.2 Å². The number of primary amides is 1. The van der Waals surface area contributed by atoms with Gasteiger partial charge in [0, 0.05) is 37.7 Å². The molecule has 0 aliphatic carbocycles. The fraction of sp³-hybridized carbons (Fsp3) is 0.474. The third kappa shape index (κ3) is 4.93. The molecule has 1 amide bonds. The lowest BCUT2D eigenvalue weighted by atomic mass is 9.98. The van der Waals surface area contributed by atoms with Gasteiger partial charge in [0.2, 0.25) is 0 Å². The van der Waals surface area contributed by atoms with E-state index in [2.05, 4.69) is 9.55 Å². The number of benzene rings is 1. The summed E-state index contributed by atoms with van der Waals surface area (Å²) >= 11 is 6.35. The average molecular weight is 394 g/mol. The van der Waals surface area contributed by atoms with E-state index in [4.69, 9.17) is 31.5 Å². The number of nitrogens with two attached hydrogens (primary N) is 1. The largest absolute Gasteiger partial charge is 0.493 e. The first-order chi connectivity index (χ1) is 13.1. The molecule has 1 saturated heterocycles. The standard InChI is InChI=1S/C19H24ClN3O4/c1-25-16-10-14(9-15(20)18(16)27-12-17(21)24)19-22-5-7-23(19)6-4-13-3-2-8-26-11-13/h5,7,9-10,13H,2-4,6,8,11-12H2,1H3,(H2,21,24). The number of carbonyl (C=O) groups is 1. The summed E-state index contributed by atoms with van der Waals surface area (Å²) in [6.45, 7) is 2.28. The van der Waals surface area contributed by atoms with Crippen molar-refractivity contribution < 1.29 is 19.0 Å². The van der Waals surface area contributed by atoms with Crippen LogP contribution in [-0.2, 0) is 16.1 Å². The van der Waals surface area contributed by atoms with E-state index in [1.54, 1.807) is 18.3 Å². The lowest BCUT2D eigenvalue weighted by molar-refractivity contribution is -0.119. The minimum Gasteiger partial charge on any atom is -0.493 e. The first-order valence-corrected chi connectivity index (χ1v) is 9.34. The molecule has 2 heterocycles. The number of imidazole rings is 1. The number of hydrogen-bond donors (Lipinski definition) is 1. The Morgan fingerprint density at radius 1 is 1.48 bits per heavy atom. The molecule has 1 fully saturated rings. The molecule has 1 atom stereocenters. The van der Waals surface area contributed by atoms with Crippen LogP contribution in [0.5, 0.6) is 11.5 Å². The fourth-order valence-corrected chi connectivity index (χ4v) is 3.50. The number of aromatic nitrogens is 2. The molecule has 0 spiro atoms. The summed E-state index contributed by atoms with van der Waals surface area (Å²) in [5.74, 6) is 1.51. The average Bonchev–Trinajstić information content (AvgIpc) is 3.14. The number of amides is 1. The van der Waals surface area contributed by atoms with Crippen molar-refractivity contribution in [1.29, 1.82) is 0 Å². The molecular formula is C19H24ClN3O4. The number of hydrogen-bond acceptors (Lipinski definition) is 5. The van der Waals surface area contributed by atoms with E-state index in [1.807, 2.05) is 6.20 Å². The highest BCUT2D eigenvalue weighted by molar-refractivity contribution is 6.32. The minimum atomic E-state index is -0.584. The van der Waals surface area contributed by atoms with E-state index in [0.29, 0.717) is 22.4 Å². The molecule has 2 aromatic rings. The third-order valence-corrected chi connectivity index (χ3v) is 4.88. The fourth-order valence-electron chi connectivity index (χ4n) is 3.24. The number of carbonyl (C=O) groups excluding carboxylic acids is 1. The zero-order valence-corrected chi connectivity index (χ0v) is 16.1. The zero-order chi connectivity index (χ0) is 19.2. The molecule has 1 aliphatic rings. The zero-order valence-electron chi connectivity index (χ0n) is 15.3. The van der Waals surface area contributed by atoms with Gasteiger partial charge in [-0.3, -0.25) is 4.79 Å². The van der Waals surface area contributed by atoms with Crippen molar-refractivity contribution in [2.24, 2.45) is 11.7 Å². The van der Waals surface area contributed by atoms with Gasteiger partial charge in [-0.25, -0.2) is 4.98 Å². The molecule has 7 nitrogen and oxygen atoms in total. The van der Waals surface area contributed by atoms with Gasteiger partial charge < -0.3 is 24.5 Å². The Morgan fingerprint density at radius 3 is 3.04 bits per heavy atom. The Balaban J connectivity index is 1.79. The maximum absolute atomic E-state index is 11.0. The van der Waals surface area contributed by atoms with Gasteiger partial charge in [0.15, 0.2) is 18.1 Å². The summed E-state index contributed by atoms with van der Waals surface area (Å²) in [4.78, 5) is 15.4. The monoisotopic (exact) mass is 393 g/mol. The minimum absolute atomic E-state index is 0.270. The highest BCUT2D eigenvalue weighted by Gasteiger charge is 2.18. The first kappa shape index (κ1) is 19.5. The van der Waals surface area contributed by atoms with Gasteiger partial charge in [0.1, 0.15) is 5.82 Å². The van der Waals surface area contributed by atoms with Gasteiger partial charge in [-0.15, -0.1) is 0 Å². The predicted octanol–water partition coefficient (Wildman–Crippen LogP) is 2.89. The van der Waals surface area contributed by atoms with Crippen molar-refractivity contribution in [2.75, 3.05) is 26.9 Å². The second-order valence-electron chi connectivity index (χ2n) is 6.56. The van der Waals surface area contributed by atoms with Crippen LogP contribution in [-0.4, -0.2) is 42.4 Å². The van der Waals surface area contributed by atoms with Gasteiger partial charge >= 0.3 is 0 Å². The molecular weight excluding hydrogens is 370 g/mol. The van der Waals surface area contributed by atoms with Crippen molar-refractivity contribution in [3.05, 3.63) is 29.5 Å². The van der Waals surface area contributed by atoms with E-state index >= 15 is 0 Å². The Labute approximate surface area is 163 Å². The van der Waals surface area contributed by atoms with Crippen LogP contribution in [0.1, 0.15) is 19.3 Å². The Kier molecular flexibility index (Phi) is 6.58. The highest BCUT2D eigenvalue weighted by atomic mass is 35.5. The quantitative estimate of drug-likeness (QED) is 0.744. The van der Waals surface area contributed by atoms with E-state index in [-0.39, 0.29) is 6.61 Å². The molecule has 146 valence electrons. The molecule has 27 heavy (non-hydrogen) atoms. The Bertz CT molecular complexity index is 787. The number of aryl methyl sites for hydroxylation is 1. The molecule has 8 heteroatoms. The van der Waals surface area contributed by atoms with E-state index in [9.17, 15) is 4.79 Å². The Morgan fingerprint density at radius 2 is 2.33 bits per heavy atom. The molecule has 2 N–H and O–H groups in total. The SMILES string of the molecule is COc1cc(-c2nccn2CCC2CCCOC2)cc(Cl)c1OCC(N)=O. The van der Waals surface area contributed by atoms with E-state index < -0.39 is 5.91 Å². The van der Waals surface area contributed by atoms with Crippen LogP contribution in [0.4, 0.5) is 0 Å². The summed E-state index contributed by atoms with van der Waals surface area (Å²) in [6, 6.07) is 3.55. The number of ether oxygens (including phenoxy) is 3. The molecule has 0 saturated carbocycles. The van der Waals surface area contributed by atoms with Crippen LogP contribution in [0.2, 0.25) is 5.02 Å². The number of nitrogens with zero attached hydrogens (tertiary/aromatic N) is 2. The molecule has 1 aromatic carbocycles. The number of rotatable bonds is 8. The van der Waals surface area contributed by atoms with Crippen molar-refractivity contribution in [2.45, 2.75) is 25.8 Å². The summed E-state index contributed by atoms with van der Waals surface area (Å²) < 4.78 is 18.4. The molecule has 0 bridgehead atoms. The lowest BCUT2D eigenvalue weighted by Gasteiger charge is -2.22. The smallest absolute Gasteiger partial charge is 0.255 e. The van der Waals surface area contributed by atoms with Crippen molar-refractivity contribution >= 4 is 17.5 Å². The van der Waals surface area contributed by atoms with Crippen LogP contribution in [0.3, 0.4) is 0 Å². The molecule has 1 aromatic heterocycles. The van der Waals surface area contributed by atoms with Crippen LogP contribution in [0.25, 0.3) is 11.4 Å². The van der Waals surface area contributed by atoms with Gasteiger partial charge in [-0.1, -0.05) is 11.6 Å². The van der Waals surface area contributed by atoms with Crippen molar-refractivity contribution in [1.82, 2.24) is 9.55 Å². The summed E-state index contributed by atoms with van der Waals surface area (Å²) in [6.07, 6.45) is 7.09. The van der Waals surface area contributed by atoms with Crippen molar-refractivity contribution in [3.8, 4) is 22.9 Å². The summed E-state index contributed by atoms with van der Waals surface area (Å²) in [7, 11) is 1.52. The molecule has 1 aliphatic heterocycles.